The highest BCUT2D eigenvalue weighted by Crippen LogP contribution is 2.27. The third-order valence-corrected chi connectivity index (χ3v) is 3.08. The molecule has 0 aliphatic rings. The Labute approximate surface area is 110 Å². The van der Waals surface area contributed by atoms with Gasteiger partial charge in [0.1, 0.15) is 17.5 Å². The molecule has 3 nitrogen and oxygen atoms in total. The van der Waals surface area contributed by atoms with Crippen molar-refractivity contribution in [2.45, 2.75) is 0 Å². The van der Waals surface area contributed by atoms with Crippen molar-refractivity contribution in [1.82, 2.24) is 4.98 Å². The zero-order chi connectivity index (χ0) is 13.1. The molecular formula is C11H7ClF2N2OS. The molecule has 0 fully saturated rings. The Balaban J connectivity index is 2.29. The fraction of sp³-hybridized carbons (Fsp3) is 0.0909. The first-order valence-corrected chi connectivity index (χ1v) is 6.28. The lowest BCUT2D eigenvalue weighted by Crippen LogP contribution is -2.12. The number of amides is 1. The molecule has 0 aliphatic heterocycles. The first-order valence-electron chi connectivity index (χ1n) is 4.87. The van der Waals surface area contributed by atoms with Crippen molar-refractivity contribution >= 4 is 34.0 Å². The lowest BCUT2D eigenvalue weighted by atomic mass is 10.1. The molecule has 1 heterocycles. The average molecular weight is 289 g/mol. The molecule has 0 unspecified atom stereocenters. The second-order valence-electron chi connectivity index (χ2n) is 3.34. The second-order valence-corrected chi connectivity index (χ2v) is 4.47. The van der Waals surface area contributed by atoms with Gasteiger partial charge < -0.3 is 5.32 Å². The molecule has 0 saturated heterocycles. The minimum absolute atomic E-state index is 0.0534. The van der Waals surface area contributed by atoms with Crippen molar-refractivity contribution in [3.63, 3.8) is 0 Å². The number of nitrogens with zero attached hydrogens (tertiary/aromatic N) is 1. The van der Waals surface area contributed by atoms with E-state index in [2.05, 4.69) is 10.3 Å². The van der Waals surface area contributed by atoms with Crippen LogP contribution in [0.2, 0.25) is 0 Å². The van der Waals surface area contributed by atoms with Gasteiger partial charge in [-0.1, -0.05) is 0 Å². The lowest BCUT2D eigenvalue weighted by molar-refractivity contribution is -0.113. The van der Waals surface area contributed by atoms with Gasteiger partial charge in [0.2, 0.25) is 5.91 Å². The Morgan fingerprint density at radius 3 is 2.94 bits per heavy atom. The number of carbonyl (C=O) groups is 1. The molecule has 7 heteroatoms. The van der Waals surface area contributed by atoms with Crippen LogP contribution in [0, 0.1) is 11.6 Å². The molecule has 2 rings (SSSR count). The number of aromatic nitrogens is 1. The number of halogens is 3. The van der Waals surface area contributed by atoms with Crippen LogP contribution < -0.4 is 5.32 Å². The zero-order valence-electron chi connectivity index (χ0n) is 8.91. The highest BCUT2D eigenvalue weighted by molar-refractivity contribution is 7.14. The standard InChI is InChI=1S/C11H7ClF2N2OS/c12-4-10(17)16-11-15-9(5-18-11)7-3-6(13)1-2-8(7)14/h1-3,5H,4H2,(H,15,16,17). The molecule has 0 bridgehead atoms. The Morgan fingerprint density at radius 2 is 2.22 bits per heavy atom. The molecule has 1 aromatic heterocycles. The summed E-state index contributed by atoms with van der Waals surface area (Å²) in [5, 5.41) is 4.26. The van der Waals surface area contributed by atoms with Gasteiger partial charge in [0, 0.05) is 10.9 Å². The van der Waals surface area contributed by atoms with E-state index in [0.717, 1.165) is 29.5 Å². The summed E-state index contributed by atoms with van der Waals surface area (Å²) < 4.78 is 26.5. The van der Waals surface area contributed by atoms with Crippen LogP contribution in [0.5, 0.6) is 0 Å². The largest absolute Gasteiger partial charge is 0.301 e. The third-order valence-electron chi connectivity index (χ3n) is 2.08. The molecule has 1 N–H and O–H groups in total. The van der Waals surface area contributed by atoms with Gasteiger partial charge in [-0.3, -0.25) is 4.79 Å². The first-order chi connectivity index (χ1) is 8.60. The Morgan fingerprint density at radius 1 is 1.44 bits per heavy atom. The second kappa shape index (κ2) is 5.41. The minimum Gasteiger partial charge on any atom is -0.301 e. The first kappa shape index (κ1) is 12.9. The summed E-state index contributed by atoms with van der Waals surface area (Å²) in [6, 6.07) is 3.11. The summed E-state index contributed by atoms with van der Waals surface area (Å²) in [5.74, 6) is -1.72. The minimum atomic E-state index is -0.572. The van der Waals surface area contributed by atoms with Gasteiger partial charge in [-0.25, -0.2) is 13.8 Å². The number of hydrogen-bond donors (Lipinski definition) is 1. The van der Waals surface area contributed by atoms with Crippen LogP contribution in [0.25, 0.3) is 11.3 Å². The van der Waals surface area contributed by atoms with E-state index in [-0.39, 0.29) is 17.1 Å². The number of anilines is 1. The van der Waals surface area contributed by atoms with E-state index in [9.17, 15) is 13.6 Å². The molecule has 0 spiro atoms. The molecule has 2 aromatic rings. The number of thiazole rings is 1. The highest BCUT2D eigenvalue weighted by Gasteiger charge is 2.11. The number of nitrogens with one attached hydrogen (secondary N) is 1. The SMILES string of the molecule is O=C(CCl)Nc1nc(-c2cc(F)ccc2F)cs1. The van der Waals surface area contributed by atoms with Crippen molar-refractivity contribution in [2.24, 2.45) is 0 Å². The molecule has 0 radical (unpaired) electrons. The summed E-state index contributed by atoms with van der Waals surface area (Å²) >= 11 is 6.44. The Kier molecular flexibility index (Phi) is 3.88. The average Bonchev–Trinajstić information content (AvgIpc) is 2.80. The molecule has 1 amide bonds. The quantitative estimate of drug-likeness (QED) is 0.881. The van der Waals surface area contributed by atoms with Crippen LogP contribution in [0.15, 0.2) is 23.6 Å². The van der Waals surface area contributed by atoms with Crippen molar-refractivity contribution in [3.05, 3.63) is 35.2 Å². The van der Waals surface area contributed by atoms with Gasteiger partial charge in [-0.2, -0.15) is 0 Å². The predicted octanol–water partition coefficient (Wildman–Crippen LogP) is 3.27. The monoisotopic (exact) mass is 288 g/mol. The van der Waals surface area contributed by atoms with Crippen LogP contribution in [0.1, 0.15) is 0 Å². The zero-order valence-corrected chi connectivity index (χ0v) is 10.5. The Hall–Kier alpha value is -1.53. The maximum atomic E-state index is 13.5. The number of carbonyl (C=O) groups excluding carboxylic acids is 1. The molecular weight excluding hydrogens is 282 g/mol. The smallest absolute Gasteiger partial charge is 0.241 e. The van der Waals surface area contributed by atoms with Crippen molar-refractivity contribution < 1.29 is 13.6 Å². The van der Waals surface area contributed by atoms with Crippen LogP contribution in [0.4, 0.5) is 13.9 Å². The van der Waals surface area contributed by atoms with Gasteiger partial charge in [0.05, 0.1) is 5.69 Å². The normalized spacial score (nSPS) is 10.4. The van der Waals surface area contributed by atoms with Crippen LogP contribution in [-0.2, 0) is 4.79 Å². The summed E-state index contributed by atoms with van der Waals surface area (Å²) in [7, 11) is 0. The van der Waals surface area contributed by atoms with Crippen molar-refractivity contribution in [1.29, 1.82) is 0 Å². The van der Waals surface area contributed by atoms with Crippen molar-refractivity contribution in [3.8, 4) is 11.3 Å². The molecule has 0 atom stereocenters. The number of alkyl halides is 1. The number of hydrogen-bond acceptors (Lipinski definition) is 3. The fourth-order valence-electron chi connectivity index (χ4n) is 1.30. The van der Waals surface area contributed by atoms with E-state index in [1.807, 2.05) is 0 Å². The lowest BCUT2D eigenvalue weighted by Gasteiger charge is -1.99. The predicted molar refractivity (Wildman–Crippen MR) is 66.8 cm³/mol. The summed E-state index contributed by atoms with van der Waals surface area (Å²) in [6.07, 6.45) is 0. The van der Waals surface area contributed by atoms with Crippen LogP contribution in [0.3, 0.4) is 0 Å². The summed E-state index contributed by atoms with van der Waals surface area (Å²) in [6.45, 7) is 0. The maximum Gasteiger partial charge on any atom is 0.241 e. The fourth-order valence-corrected chi connectivity index (χ4v) is 2.09. The highest BCUT2D eigenvalue weighted by atomic mass is 35.5. The van der Waals surface area contributed by atoms with E-state index < -0.39 is 17.5 Å². The maximum absolute atomic E-state index is 13.5. The van der Waals surface area contributed by atoms with E-state index in [1.54, 1.807) is 0 Å². The van der Waals surface area contributed by atoms with Gasteiger partial charge in [-0.05, 0) is 18.2 Å². The van der Waals surface area contributed by atoms with Crippen molar-refractivity contribution in [2.75, 3.05) is 11.2 Å². The summed E-state index contributed by atoms with van der Waals surface area (Å²) in [5.41, 5.74) is 0.319. The van der Waals surface area contributed by atoms with Gasteiger partial charge in [0.25, 0.3) is 0 Å². The molecule has 18 heavy (non-hydrogen) atoms. The molecule has 94 valence electrons. The van der Waals surface area contributed by atoms with Crippen LogP contribution >= 0.6 is 22.9 Å². The van der Waals surface area contributed by atoms with Gasteiger partial charge >= 0.3 is 0 Å². The van der Waals surface area contributed by atoms with E-state index in [1.165, 1.54) is 5.38 Å². The Bertz CT molecular complexity index is 588. The van der Waals surface area contributed by atoms with Gasteiger partial charge in [-0.15, -0.1) is 22.9 Å². The van der Waals surface area contributed by atoms with E-state index >= 15 is 0 Å². The van der Waals surface area contributed by atoms with E-state index in [4.69, 9.17) is 11.6 Å². The number of benzene rings is 1. The van der Waals surface area contributed by atoms with Crippen LogP contribution in [-0.4, -0.2) is 16.8 Å². The topological polar surface area (TPSA) is 42.0 Å². The summed E-state index contributed by atoms with van der Waals surface area (Å²) in [4.78, 5) is 15.0. The van der Waals surface area contributed by atoms with E-state index in [0.29, 0.717) is 5.13 Å². The van der Waals surface area contributed by atoms with Gasteiger partial charge in [0.15, 0.2) is 5.13 Å². The number of rotatable bonds is 3. The molecule has 0 saturated carbocycles. The molecule has 1 aromatic carbocycles. The molecule has 0 aliphatic carbocycles. The third kappa shape index (κ3) is 2.83.